The number of carbonyl (C=O) groups is 1. The Bertz CT molecular complexity index is 1010. The first kappa shape index (κ1) is 21.9. The number of hydrogen-bond acceptors (Lipinski definition) is 3. The maximum absolute atomic E-state index is 13.9. The van der Waals surface area contributed by atoms with E-state index in [1.165, 1.54) is 19.1 Å². The fraction of sp³-hybridized carbons (Fsp3) is 0.364. The van der Waals surface area contributed by atoms with E-state index in [9.17, 15) is 27.5 Å². The highest BCUT2D eigenvalue weighted by Crippen LogP contribution is 2.37. The molecule has 0 amide bonds. The van der Waals surface area contributed by atoms with E-state index in [1.54, 1.807) is 12.1 Å². The Morgan fingerprint density at radius 3 is 2.67 bits per heavy atom. The van der Waals surface area contributed by atoms with Gasteiger partial charge in [0.1, 0.15) is 11.4 Å². The second-order valence-corrected chi connectivity index (χ2v) is 7.67. The smallest absolute Gasteiger partial charge is 0.381 e. The minimum Gasteiger partial charge on any atom is -0.381 e. The third kappa shape index (κ3) is 4.69. The van der Waals surface area contributed by atoms with E-state index in [4.69, 9.17) is 6.57 Å². The van der Waals surface area contributed by atoms with Crippen LogP contribution in [0.3, 0.4) is 0 Å². The number of aliphatic hydroxyl groups is 1. The van der Waals surface area contributed by atoms with Gasteiger partial charge in [-0.15, -0.1) is 0 Å². The van der Waals surface area contributed by atoms with Crippen LogP contribution in [-0.2, 0) is 30.4 Å². The number of carbonyl (C=O) groups excluding carboxylic acids is 1. The zero-order valence-corrected chi connectivity index (χ0v) is 16.3. The number of β-amino-alcohol motifs (C(OH)–C–C–N with tert-alkyl or cyclic N) is 1. The molecule has 0 fully saturated rings. The molecular weight excluding hydrogens is 400 g/mol. The Morgan fingerprint density at radius 1 is 1.27 bits per heavy atom. The summed E-state index contributed by atoms with van der Waals surface area (Å²) in [5.41, 5.74) is -1.94. The zero-order chi connectivity index (χ0) is 22.1. The SMILES string of the molecule is [C-]#[N+]c1ccc(CC(=O)[C@@](C)(O)CN2CCc3c(F)cccc3C2)cc1C(F)(F)F. The number of halogens is 4. The third-order valence-electron chi connectivity index (χ3n) is 5.27. The molecule has 2 aromatic rings. The highest BCUT2D eigenvalue weighted by molar-refractivity contribution is 5.89. The van der Waals surface area contributed by atoms with Gasteiger partial charge in [-0.2, -0.15) is 13.2 Å². The molecule has 3 rings (SSSR count). The number of Topliss-reactive ketones (excluding diaryl/α,β-unsaturated/α-hetero) is 1. The number of benzene rings is 2. The number of nitrogens with zero attached hydrogens (tertiary/aromatic N) is 2. The van der Waals surface area contributed by atoms with Crippen LogP contribution in [-0.4, -0.2) is 34.5 Å². The molecule has 0 radical (unpaired) electrons. The van der Waals surface area contributed by atoms with Crippen LogP contribution in [0.5, 0.6) is 0 Å². The van der Waals surface area contributed by atoms with Crippen LogP contribution in [0, 0.1) is 12.4 Å². The first-order valence-corrected chi connectivity index (χ1v) is 9.33. The summed E-state index contributed by atoms with van der Waals surface area (Å²) in [4.78, 5) is 17.3. The van der Waals surface area contributed by atoms with Gasteiger partial charge in [0.15, 0.2) is 11.5 Å². The van der Waals surface area contributed by atoms with Gasteiger partial charge in [-0.1, -0.05) is 30.3 Å². The predicted molar refractivity (Wildman–Crippen MR) is 102 cm³/mol. The summed E-state index contributed by atoms with van der Waals surface area (Å²) in [6.07, 6.45) is -4.66. The van der Waals surface area contributed by atoms with Gasteiger partial charge in [0.2, 0.25) is 0 Å². The van der Waals surface area contributed by atoms with E-state index in [2.05, 4.69) is 4.85 Å². The van der Waals surface area contributed by atoms with Crippen molar-refractivity contribution >= 4 is 11.5 Å². The Balaban J connectivity index is 1.72. The Labute approximate surface area is 171 Å². The monoisotopic (exact) mass is 420 g/mol. The minimum absolute atomic E-state index is 0.0198. The largest absolute Gasteiger partial charge is 0.407 e. The first-order chi connectivity index (χ1) is 14.0. The topological polar surface area (TPSA) is 44.9 Å². The summed E-state index contributed by atoms with van der Waals surface area (Å²) in [6.45, 7) is 9.00. The molecule has 0 aliphatic carbocycles. The summed E-state index contributed by atoms with van der Waals surface area (Å²) in [5.74, 6) is -0.908. The van der Waals surface area contributed by atoms with Crippen molar-refractivity contribution in [2.75, 3.05) is 13.1 Å². The molecule has 1 heterocycles. The summed E-state index contributed by atoms with van der Waals surface area (Å²) < 4.78 is 53.3. The molecule has 1 atom stereocenters. The number of ketones is 1. The molecule has 0 saturated heterocycles. The fourth-order valence-electron chi connectivity index (χ4n) is 3.67. The number of alkyl halides is 3. The lowest BCUT2D eigenvalue weighted by atomic mass is 9.92. The van der Waals surface area contributed by atoms with Crippen molar-refractivity contribution in [2.24, 2.45) is 0 Å². The maximum Gasteiger partial charge on any atom is 0.407 e. The molecular formula is C22H20F4N2O2. The lowest BCUT2D eigenvalue weighted by Crippen LogP contribution is -2.48. The number of hydrogen-bond donors (Lipinski definition) is 1. The molecule has 0 unspecified atom stereocenters. The van der Waals surface area contributed by atoms with Gasteiger partial charge < -0.3 is 5.11 Å². The van der Waals surface area contributed by atoms with E-state index in [0.29, 0.717) is 25.1 Å². The standard InChI is InChI=1S/C22H20F4N2O2/c1-21(30,13-28-9-8-16-15(12-28)4-3-5-18(16)23)20(29)11-14-6-7-19(27-2)17(10-14)22(24,25)26/h3-7,10,30H,8-9,11-13H2,1H3/t21-/m0/s1. The lowest BCUT2D eigenvalue weighted by molar-refractivity contribution is -0.138. The average molecular weight is 420 g/mol. The number of rotatable bonds is 5. The van der Waals surface area contributed by atoms with Crippen LogP contribution < -0.4 is 0 Å². The number of fused-ring (bicyclic) bond motifs is 1. The third-order valence-corrected chi connectivity index (χ3v) is 5.27. The van der Waals surface area contributed by atoms with Crippen LogP contribution in [0.2, 0.25) is 0 Å². The Morgan fingerprint density at radius 2 is 2.00 bits per heavy atom. The average Bonchev–Trinajstić information content (AvgIpc) is 2.67. The molecule has 4 nitrogen and oxygen atoms in total. The summed E-state index contributed by atoms with van der Waals surface area (Å²) in [6, 6.07) is 7.88. The maximum atomic E-state index is 13.9. The second-order valence-electron chi connectivity index (χ2n) is 7.67. The molecule has 0 saturated carbocycles. The van der Waals surface area contributed by atoms with Crippen LogP contribution in [0.15, 0.2) is 36.4 Å². The minimum atomic E-state index is -4.71. The highest BCUT2D eigenvalue weighted by Gasteiger charge is 2.36. The quantitative estimate of drug-likeness (QED) is 0.579. The van der Waals surface area contributed by atoms with Crippen molar-refractivity contribution in [3.63, 3.8) is 0 Å². The van der Waals surface area contributed by atoms with E-state index in [-0.39, 0.29) is 17.9 Å². The van der Waals surface area contributed by atoms with Gasteiger partial charge in [-0.3, -0.25) is 9.69 Å². The van der Waals surface area contributed by atoms with Crippen molar-refractivity contribution < 1.29 is 27.5 Å². The van der Waals surface area contributed by atoms with Gasteiger partial charge in [0.25, 0.3) is 0 Å². The van der Waals surface area contributed by atoms with E-state index in [0.717, 1.165) is 17.7 Å². The highest BCUT2D eigenvalue weighted by atomic mass is 19.4. The molecule has 1 N–H and O–H groups in total. The Hall–Kier alpha value is -2.76. The van der Waals surface area contributed by atoms with Gasteiger partial charge in [-0.25, -0.2) is 9.24 Å². The van der Waals surface area contributed by atoms with Crippen molar-refractivity contribution in [3.05, 3.63) is 75.9 Å². The second kappa shape index (κ2) is 8.17. The molecule has 0 bridgehead atoms. The molecule has 1 aliphatic rings. The van der Waals surface area contributed by atoms with E-state index >= 15 is 0 Å². The van der Waals surface area contributed by atoms with Gasteiger partial charge >= 0.3 is 6.18 Å². The first-order valence-electron chi connectivity index (χ1n) is 9.33. The summed E-state index contributed by atoms with van der Waals surface area (Å²) >= 11 is 0. The molecule has 30 heavy (non-hydrogen) atoms. The Kier molecular flexibility index (Phi) is 5.97. The van der Waals surface area contributed by atoms with Crippen molar-refractivity contribution in [3.8, 4) is 0 Å². The van der Waals surface area contributed by atoms with Crippen LogP contribution in [0.4, 0.5) is 23.2 Å². The predicted octanol–water partition coefficient (Wildman–Crippen LogP) is 4.32. The fourth-order valence-corrected chi connectivity index (χ4v) is 3.67. The van der Waals surface area contributed by atoms with Gasteiger partial charge in [0.05, 0.1) is 12.1 Å². The van der Waals surface area contributed by atoms with Crippen molar-refractivity contribution in [1.29, 1.82) is 0 Å². The van der Waals surface area contributed by atoms with Crippen LogP contribution >= 0.6 is 0 Å². The molecule has 0 aromatic heterocycles. The van der Waals surface area contributed by atoms with Crippen molar-refractivity contribution in [1.82, 2.24) is 4.90 Å². The van der Waals surface area contributed by atoms with E-state index in [1.807, 2.05) is 4.90 Å². The summed E-state index contributed by atoms with van der Waals surface area (Å²) in [7, 11) is 0. The van der Waals surface area contributed by atoms with Gasteiger partial charge in [-0.05, 0) is 36.1 Å². The molecule has 2 aromatic carbocycles. The normalized spacial score (nSPS) is 16.4. The molecule has 158 valence electrons. The van der Waals surface area contributed by atoms with Crippen molar-refractivity contribution in [2.45, 2.75) is 38.1 Å². The molecule has 0 spiro atoms. The summed E-state index contributed by atoms with van der Waals surface area (Å²) in [5, 5.41) is 10.7. The van der Waals surface area contributed by atoms with Crippen LogP contribution in [0.25, 0.3) is 4.85 Å². The molecule has 1 aliphatic heterocycles. The van der Waals surface area contributed by atoms with Gasteiger partial charge in [0, 0.05) is 26.1 Å². The zero-order valence-electron chi connectivity index (χ0n) is 16.3. The lowest BCUT2D eigenvalue weighted by Gasteiger charge is -2.34. The van der Waals surface area contributed by atoms with Crippen LogP contribution in [0.1, 0.15) is 29.2 Å². The van der Waals surface area contributed by atoms with E-state index < -0.39 is 35.2 Å². The molecule has 8 heteroatoms.